The highest BCUT2D eigenvalue weighted by atomic mass is 16.3. The molecule has 0 atom stereocenters. The summed E-state index contributed by atoms with van der Waals surface area (Å²) in [4.78, 5) is 2.46. The number of nitrogens with zero attached hydrogens (tertiary/aromatic N) is 1. The van der Waals surface area contributed by atoms with Crippen molar-refractivity contribution in [2.75, 3.05) is 4.90 Å². The van der Waals surface area contributed by atoms with Gasteiger partial charge in [-0.3, -0.25) is 0 Å². The molecule has 0 saturated heterocycles. The van der Waals surface area contributed by atoms with Crippen LogP contribution in [0.3, 0.4) is 0 Å². The number of furan rings is 1. The van der Waals surface area contributed by atoms with E-state index in [-0.39, 0.29) is 0 Å². The molecule has 0 radical (unpaired) electrons. The Bertz CT molecular complexity index is 3440. The van der Waals surface area contributed by atoms with Crippen molar-refractivity contribution in [3.63, 3.8) is 0 Å². The number of anilines is 3. The molecule has 2 nitrogen and oxygen atoms in total. The molecule has 0 unspecified atom stereocenters. The maximum absolute atomic E-state index is 6.35. The zero-order valence-corrected chi connectivity index (χ0v) is 30.9. The van der Waals surface area contributed by atoms with Gasteiger partial charge in [-0.15, -0.1) is 0 Å². The standard InChI is InChI=1S/C55H33NO/c1-2-16-34(17-3-1)56(35-30-31-51-45(32-35)41-23-12-15-29-50(41)57-51)49-33-48-52(43-25-8-6-22-40(43)49)53-42-24-7-4-18-36(42)37-19-5-9-26-44(37)54(53)55(48)46-27-13-10-20-38(46)39-21-11-14-28-47(39)55/h1-33H. The lowest BCUT2D eigenvalue weighted by Gasteiger charge is -2.33. The molecule has 0 N–H and O–H groups in total. The number of para-hydroxylation sites is 2. The minimum absolute atomic E-state index is 0.562. The first-order valence-corrected chi connectivity index (χ1v) is 19.8. The molecule has 0 amide bonds. The number of fused-ring (bicyclic) bond motifs is 20. The maximum atomic E-state index is 6.35. The highest BCUT2D eigenvalue weighted by Crippen LogP contribution is 2.67. The van der Waals surface area contributed by atoms with Gasteiger partial charge in [0.25, 0.3) is 0 Å². The zero-order chi connectivity index (χ0) is 37.2. The van der Waals surface area contributed by atoms with Crippen LogP contribution in [-0.2, 0) is 5.41 Å². The Morgan fingerprint density at radius 1 is 0.333 bits per heavy atom. The van der Waals surface area contributed by atoms with Gasteiger partial charge in [0.05, 0.1) is 11.1 Å². The minimum Gasteiger partial charge on any atom is -0.456 e. The van der Waals surface area contributed by atoms with Crippen LogP contribution in [0.25, 0.3) is 76.5 Å². The van der Waals surface area contributed by atoms with Crippen molar-refractivity contribution in [2.45, 2.75) is 5.41 Å². The van der Waals surface area contributed by atoms with E-state index in [0.29, 0.717) is 0 Å². The first kappa shape index (κ1) is 30.9. The molecule has 2 aliphatic rings. The quantitative estimate of drug-likeness (QED) is 0.169. The Labute approximate surface area is 329 Å². The predicted octanol–water partition coefficient (Wildman–Crippen LogP) is 14.9. The van der Waals surface area contributed by atoms with Crippen LogP contribution < -0.4 is 4.90 Å². The molecule has 11 aromatic rings. The molecule has 2 aliphatic carbocycles. The fourth-order valence-electron chi connectivity index (χ4n) is 10.7. The molecule has 1 heterocycles. The van der Waals surface area contributed by atoms with Gasteiger partial charge >= 0.3 is 0 Å². The zero-order valence-electron chi connectivity index (χ0n) is 30.9. The summed E-state index contributed by atoms with van der Waals surface area (Å²) in [5.74, 6) is 0. The predicted molar refractivity (Wildman–Crippen MR) is 237 cm³/mol. The van der Waals surface area contributed by atoms with E-state index in [4.69, 9.17) is 4.42 Å². The third-order valence-corrected chi connectivity index (χ3v) is 12.8. The van der Waals surface area contributed by atoms with Crippen LogP contribution in [0.5, 0.6) is 0 Å². The van der Waals surface area contributed by atoms with Crippen molar-refractivity contribution < 1.29 is 4.42 Å². The van der Waals surface area contributed by atoms with Crippen molar-refractivity contribution >= 4 is 71.3 Å². The summed E-state index contributed by atoms with van der Waals surface area (Å²) in [7, 11) is 0. The van der Waals surface area contributed by atoms with E-state index in [9.17, 15) is 0 Å². The van der Waals surface area contributed by atoms with Gasteiger partial charge in [-0.25, -0.2) is 0 Å². The molecular formula is C55H33NO. The molecule has 13 rings (SSSR count). The van der Waals surface area contributed by atoms with Crippen molar-refractivity contribution in [3.05, 3.63) is 222 Å². The Hall–Kier alpha value is -7.42. The van der Waals surface area contributed by atoms with Crippen LogP contribution in [-0.4, -0.2) is 0 Å². The number of rotatable bonds is 3. The summed E-state index contributed by atoms with van der Waals surface area (Å²) < 4.78 is 6.35. The average Bonchev–Trinajstić information content (AvgIpc) is 3.91. The second-order valence-electron chi connectivity index (χ2n) is 15.5. The highest BCUT2D eigenvalue weighted by Gasteiger charge is 2.53. The second kappa shape index (κ2) is 11.3. The van der Waals surface area contributed by atoms with Crippen molar-refractivity contribution in [1.82, 2.24) is 0 Å². The molecule has 0 aliphatic heterocycles. The third kappa shape index (κ3) is 3.94. The van der Waals surface area contributed by atoms with Crippen LogP contribution in [0.15, 0.2) is 205 Å². The third-order valence-electron chi connectivity index (χ3n) is 12.8. The molecule has 1 aromatic heterocycles. The Morgan fingerprint density at radius 3 is 1.58 bits per heavy atom. The largest absolute Gasteiger partial charge is 0.456 e. The van der Waals surface area contributed by atoms with E-state index in [0.717, 1.165) is 39.0 Å². The van der Waals surface area contributed by atoms with Crippen molar-refractivity contribution in [1.29, 1.82) is 0 Å². The van der Waals surface area contributed by atoms with E-state index < -0.39 is 5.41 Å². The first-order valence-electron chi connectivity index (χ1n) is 19.8. The Morgan fingerprint density at radius 2 is 0.860 bits per heavy atom. The van der Waals surface area contributed by atoms with E-state index in [1.54, 1.807) is 0 Å². The van der Waals surface area contributed by atoms with Crippen LogP contribution in [0.1, 0.15) is 22.3 Å². The molecule has 264 valence electrons. The molecular weight excluding hydrogens is 691 g/mol. The molecule has 0 fully saturated rings. The Balaban J connectivity index is 1.23. The molecule has 0 saturated carbocycles. The lowest BCUT2D eigenvalue weighted by molar-refractivity contribution is 0.669. The van der Waals surface area contributed by atoms with Gasteiger partial charge in [0, 0.05) is 27.5 Å². The summed E-state index contributed by atoms with van der Waals surface area (Å²) in [5, 5.41) is 9.85. The van der Waals surface area contributed by atoms with Crippen LogP contribution in [0.4, 0.5) is 17.1 Å². The number of hydrogen-bond donors (Lipinski definition) is 0. The molecule has 1 spiro atoms. The molecule has 57 heavy (non-hydrogen) atoms. The normalized spacial score (nSPS) is 13.4. The van der Waals surface area contributed by atoms with E-state index in [1.807, 2.05) is 6.07 Å². The van der Waals surface area contributed by atoms with E-state index in [1.165, 1.54) is 76.8 Å². The lowest BCUT2D eigenvalue weighted by Crippen LogP contribution is -2.26. The van der Waals surface area contributed by atoms with Gasteiger partial charge in [0.15, 0.2) is 0 Å². The smallest absolute Gasteiger partial charge is 0.135 e. The fraction of sp³-hybridized carbons (Fsp3) is 0.0182. The lowest BCUT2D eigenvalue weighted by atomic mass is 9.69. The highest BCUT2D eigenvalue weighted by molar-refractivity contribution is 6.24. The average molecular weight is 724 g/mol. The maximum Gasteiger partial charge on any atom is 0.135 e. The van der Waals surface area contributed by atoms with Gasteiger partial charge in [0.2, 0.25) is 0 Å². The molecule has 2 heteroatoms. The molecule has 0 bridgehead atoms. The minimum atomic E-state index is -0.562. The van der Waals surface area contributed by atoms with Crippen molar-refractivity contribution in [3.8, 4) is 22.3 Å². The van der Waals surface area contributed by atoms with Crippen LogP contribution in [0.2, 0.25) is 0 Å². The van der Waals surface area contributed by atoms with E-state index >= 15 is 0 Å². The molecule has 10 aromatic carbocycles. The van der Waals surface area contributed by atoms with Crippen LogP contribution in [0, 0.1) is 0 Å². The first-order chi connectivity index (χ1) is 28.3. The topological polar surface area (TPSA) is 16.4 Å². The van der Waals surface area contributed by atoms with Crippen LogP contribution >= 0.6 is 0 Å². The Kier molecular flexibility index (Phi) is 6.13. The van der Waals surface area contributed by atoms with E-state index in [2.05, 4.69) is 199 Å². The van der Waals surface area contributed by atoms with Crippen molar-refractivity contribution in [2.24, 2.45) is 0 Å². The van der Waals surface area contributed by atoms with Gasteiger partial charge in [0.1, 0.15) is 11.2 Å². The SMILES string of the molecule is c1ccc(N(c2ccc3oc4ccccc4c3c2)c2cc3c(c4ccccc24)-c2c(c4ccccc4c4ccccc24)C32c3ccccc3-c3ccccc32)cc1. The van der Waals surface area contributed by atoms with Gasteiger partial charge in [-0.1, -0.05) is 158 Å². The van der Waals surface area contributed by atoms with Gasteiger partial charge in [-0.05, 0) is 114 Å². The summed E-state index contributed by atoms with van der Waals surface area (Å²) in [6.07, 6.45) is 0. The summed E-state index contributed by atoms with van der Waals surface area (Å²) in [6.45, 7) is 0. The summed E-state index contributed by atoms with van der Waals surface area (Å²) in [6, 6.07) is 73.9. The monoisotopic (exact) mass is 723 g/mol. The fourth-order valence-corrected chi connectivity index (χ4v) is 10.7. The summed E-state index contributed by atoms with van der Waals surface area (Å²) >= 11 is 0. The second-order valence-corrected chi connectivity index (χ2v) is 15.5. The summed E-state index contributed by atoms with van der Waals surface area (Å²) in [5.41, 5.74) is 15.2. The number of hydrogen-bond acceptors (Lipinski definition) is 2. The number of benzene rings is 10. The van der Waals surface area contributed by atoms with Gasteiger partial charge in [-0.2, -0.15) is 0 Å². The van der Waals surface area contributed by atoms with Gasteiger partial charge < -0.3 is 9.32 Å².